The third-order valence-electron chi connectivity index (χ3n) is 3.23. The van der Waals surface area contributed by atoms with Crippen LogP contribution in [0.3, 0.4) is 0 Å². The van der Waals surface area contributed by atoms with Crippen LogP contribution in [0, 0.1) is 0 Å². The lowest BCUT2D eigenvalue weighted by atomic mass is 10.1. The standard InChI is InChI=1S/C16H22N2/c1-13(12-17-2)18-10-9-14-7-8-15-5-3-4-6-16(15)11-14/h3-8,11,13,17-18H,9-10,12H2,1-2H3. The van der Waals surface area contributed by atoms with Crippen LogP contribution in [-0.4, -0.2) is 26.2 Å². The SMILES string of the molecule is CNCC(C)NCCc1ccc2ccccc2c1. The van der Waals surface area contributed by atoms with Crippen molar-refractivity contribution in [1.82, 2.24) is 10.6 Å². The molecule has 0 aliphatic heterocycles. The van der Waals surface area contributed by atoms with E-state index < -0.39 is 0 Å². The summed E-state index contributed by atoms with van der Waals surface area (Å²) in [5.74, 6) is 0. The lowest BCUT2D eigenvalue weighted by Gasteiger charge is -2.13. The van der Waals surface area contributed by atoms with Crippen molar-refractivity contribution in [3.63, 3.8) is 0 Å². The summed E-state index contributed by atoms with van der Waals surface area (Å²) in [5, 5.41) is 9.34. The maximum Gasteiger partial charge on any atom is 0.0164 e. The van der Waals surface area contributed by atoms with E-state index in [0.29, 0.717) is 6.04 Å². The van der Waals surface area contributed by atoms with Crippen LogP contribution in [-0.2, 0) is 6.42 Å². The molecule has 2 N–H and O–H groups in total. The van der Waals surface area contributed by atoms with Crippen LogP contribution in [0.15, 0.2) is 42.5 Å². The minimum absolute atomic E-state index is 0.524. The van der Waals surface area contributed by atoms with Gasteiger partial charge in [0.1, 0.15) is 0 Å². The summed E-state index contributed by atoms with van der Waals surface area (Å²) in [6.45, 7) is 4.25. The van der Waals surface area contributed by atoms with Gasteiger partial charge in [-0.15, -0.1) is 0 Å². The summed E-state index contributed by atoms with van der Waals surface area (Å²) >= 11 is 0. The van der Waals surface area contributed by atoms with E-state index in [0.717, 1.165) is 19.5 Å². The Morgan fingerprint density at radius 2 is 1.83 bits per heavy atom. The molecule has 0 saturated heterocycles. The number of hydrogen-bond acceptors (Lipinski definition) is 2. The van der Waals surface area contributed by atoms with Crippen molar-refractivity contribution in [3.8, 4) is 0 Å². The van der Waals surface area contributed by atoms with Crippen molar-refractivity contribution in [2.24, 2.45) is 0 Å². The fourth-order valence-electron chi connectivity index (χ4n) is 2.24. The molecule has 2 nitrogen and oxygen atoms in total. The molecule has 0 aliphatic carbocycles. The zero-order valence-electron chi connectivity index (χ0n) is 11.2. The van der Waals surface area contributed by atoms with Crippen LogP contribution in [0.2, 0.25) is 0 Å². The molecule has 0 bridgehead atoms. The predicted octanol–water partition coefficient (Wildman–Crippen LogP) is 2.58. The van der Waals surface area contributed by atoms with E-state index in [4.69, 9.17) is 0 Å². The zero-order chi connectivity index (χ0) is 12.8. The molecule has 0 heterocycles. The second-order valence-corrected chi connectivity index (χ2v) is 4.84. The van der Waals surface area contributed by atoms with Gasteiger partial charge in [-0.05, 0) is 43.3 Å². The van der Waals surface area contributed by atoms with E-state index in [1.807, 2.05) is 7.05 Å². The second kappa shape index (κ2) is 6.53. The van der Waals surface area contributed by atoms with E-state index in [2.05, 4.69) is 60.0 Å². The van der Waals surface area contributed by atoms with Gasteiger partial charge in [-0.25, -0.2) is 0 Å². The number of fused-ring (bicyclic) bond motifs is 1. The van der Waals surface area contributed by atoms with E-state index >= 15 is 0 Å². The lowest BCUT2D eigenvalue weighted by molar-refractivity contribution is 0.526. The van der Waals surface area contributed by atoms with Gasteiger partial charge in [-0.1, -0.05) is 42.5 Å². The Hall–Kier alpha value is -1.38. The maximum atomic E-state index is 3.52. The molecule has 2 aromatic carbocycles. The van der Waals surface area contributed by atoms with Crippen molar-refractivity contribution in [2.75, 3.05) is 20.1 Å². The molecule has 0 fully saturated rings. The van der Waals surface area contributed by atoms with E-state index in [-0.39, 0.29) is 0 Å². The van der Waals surface area contributed by atoms with Gasteiger partial charge < -0.3 is 10.6 Å². The van der Waals surface area contributed by atoms with E-state index in [1.165, 1.54) is 16.3 Å². The normalized spacial score (nSPS) is 12.8. The van der Waals surface area contributed by atoms with Crippen LogP contribution in [0.1, 0.15) is 12.5 Å². The molecule has 96 valence electrons. The summed E-state index contributed by atoms with van der Waals surface area (Å²) < 4.78 is 0. The smallest absolute Gasteiger partial charge is 0.0164 e. The first-order valence-electron chi connectivity index (χ1n) is 6.65. The fourth-order valence-corrected chi connectivity index (χ4v) is 2.24. The first-order chi connectivity index (χ1) is 8.79. The third kappa shape index (κ3) is 3.56. The van der Waals surface area contributed by atoms with Crippen LogP contribution in [0.25, 0.3) is 10.8 Å². The number of likely N-dealkylation sites (N-methyl/N-ethyl adjacent to an activating group) is 1. The zero-order valence-corrected chi connectivity index (χ0v) is 11.2. The number of rotatable bonds is 6. The molecule has 1 unspecified atom stereocenters. The van der Waals surface area contributed by atoms with Gasteiger partial charge in [-0.2, -0.15) is 0 Å². The van der Waals surface area contributed by atoms with Gasteiger partial charge in [0.15, 0.2) is 0 Å². The molecule has 0 radical (unpaired) electrons. The highest BCUT2D eigenvalue weighted by atomic mass is 15.0. The van der Waals surface area contributed by atoms with Crippen molar-refractivity contribution >= 4 is 10.8 Å². The highest BCUT2D eigenvalue weighted by molar-refractivity contribution is 5.82. The molecule has 2 rings (SSSR count). The van der Waals surface area contributed by atoms with Gasteiger partial charge >= 0.3 is 0 Å². The minimum Gasteiger partial charge on any atom is -0.318 e. The highest BCUT2D eigenvalue weighted by Crippen LogP contribution is 2.15. The summed E-state index contributed by atoms with van der Waals surface area (Å²) in [5.41, 5.74) is 1.40. The van der Waals surface area contributed by atoms with Gasteiger partial charge in [0, 0.05) is 12.6 Å². The van der Waals surface area contributed by atoms with E-state index in [9.17, 15) is 0 Å². The summed E-state index contributed by atoms with van der Waals surface area (Å²) in [7, 11) is 1.99. The lowest BCUT2D eigenvalue weighted by Crippen LogP contribution is -2.35. The largest absolute Gasteiger partial charge is 0.318 e. The van der Waals surface area contributed by atoms with Crippen molar-refractivity contribution in [3.05, 3.63) is 48.0 Å². The van der Waals surface area contributed by atoms with Crippen molar-refractivity contribution in [1.29, 1.82) is 0 Å². The third-order valence-corrected chi connectivity index (χ3v) is 3.23. The number of nitrogens with one attached hydrogen (secondary N) is 2. The monoisotopic (exact) mass is 242 g/mol. The fraction of sp³-hybridized carbons (Fsp3) is 0.375. The minimum atomic E-state index is 0.524. The molecule has 0 saturated carbocycles. The molecule has 2 aromatic rings. The topological polar surface area (TPSA) is 24.1 Å². The highest BCUT2D eigenvalue weighted by Gasteiger charge is 2.00. The van der Waals surface area contributed by atoms with Crippen molar-refractivity contribution in [2.45, 2.75) is 19.4 Å². The van der Waals surface area contributed by atoms with Crippen LogP contribution in [0.5, 0.6) is 0 Å². The first-order valence-corrected chi connectivity index (χ1v) is 6.65. The molecular weight excluding hydrogens is 220 g/mol. The van der Waals surface area contributed by atoms with Crippen LogP contribution >= 0.6 is 0 Å². The molecule has 0 amide bonds. The van der Waals surface area contributed by atoms with Gasteiger partial charge in [0.2, 0.25) is 0 Å². The Kier molecular flexibility index (Phi) is 4.73. The average Bonchev–Trinajstić information content (AvgIpc) is 2.39. The molecule has 2 heteroatoms. The predicted molar refractivity (Wildman–Crippen MR) is 79.0 cm³/mol. The summed E-state index contributed by atoms with van der Waals surface area (Å²) in [6, 6.07) is 15.8. The van der Waals surface area contributed by atoms with Gasteiger partial charge in [0.05, 0.1) is 0 Å². The molecule has 1 atom stereocenters. The molecule has 18 heavy (non-hydrogen) atoms. The maximum absolute atomic E-state index is 3.52. The Morgan fingerprint density at radius 3 is 2.61 bits per heavy atom. The second-order valence-electron chi connectivity index (χ2n) is 4.84. The molecule has 0 spiro atoms. The van der Waals surface area contributed by atoms with Gasteiger partial charge in [0.25, 0.3) is 0 Å². The summed E-state index contributed by atoms with van der Waals surface area (Å²) in [4.78, 5) is 0. The van der Waals surface area contributed by atoms with Gasteiger partial charge in [-0.3, -0.25) is 0 Å². The Labute approximate surface area is 109 Å². The Balaban J connectivity index is 1.91. The van der Waals surface area contributed by atoms with Crippen LogP contribution in [0.4, 0.5) is 0 Å². The summed E-state index contributed by atoms with van der Waals surface area (Å²) in [6.07, 6.45) is 1.08. The Morgan fingerprint density at radius 1 is 1.06 bits per heavy atom. The number of hydrogen-bond donors (Lipinski definition) is 2. The Bertz CT molecular complexity index is 493. The molecular formula is C16H22N2. The average molecular weight is 242 g/mol. The molecule has 0 aromatic heterocycles. The van der Waals surface area contributed by atoms with E-state index in [1.54, 1.807) is 0 Å². The first kappa shape index (κ1) is 13.1. The quantitative estimate of drug-likeness (QED) is 0.813. The van der Waals surface area contributed by atoms with Crippen molar-refractivity contribution < 1.29 is 0 Å². The number of benzene rings is 2. The van der Waals surface area contributed by atoms with Crippen LogP contribution < -0.4 is 10.6 Å². The molecule has 0 aliphatic rings.